The zero-order valence-corrected chi connectivity index (χ0v) is 12.2. The van der Waals surface area contributed by atoms with Gasteiger partial charge in [-0.15, -0.1) is 0 Å². The number of anilines is 2. The van der Waals surface area contributed by atoms with Gasteiger partial charge in [-0.1, -0.05) is 0 Å². The molecule has 0 radical (unpaired) electrons. The van der Waals surface area contributed by atoms with Gasteiger partial charge in [0, 0.05) is 11.7 Å². The molecule has 110 valence electrons. The molecule has 0 unspecified atom stereocenters. The Balaban J connectivity index is 1.77. The fourth-order valence-electron chi connectivity index (χ4n) is 2.62. The van der Waals surface area contributed by atoms with Crippen molar-refractivity contribution in [2.45, 2.75) is 31.7 Å². The lowest BCUT2D eigenvalue weighted by Gasteiger charge is -2.19. The van der Waals surface area contributed by atoms with Gasteiger partial charge in [-0.3, -0.25) is 4.72 Å². The maximum absolute atomic E-state index is 13.6. The second kappa shape index (κ2) is 4.91. The van der Waals surface area contributed by atoms with E-state index in [-0.39, 0.29) is 5.69 Å². The van der Waals surface area contributed by atoms with Gasteiger partial charge in [0.05, 0.1) is 11.9 Å². The highest BCUT2D eigenvalue weighted by atomic mass is 32.2. The van der Waals surface area contributed by atoms with Crippen molar-refractivity contribution in [3.8, 4) is 0 Å². The Morgan fingerprint density at radius 1 is 1.20 bits per heavy atom. The van der Waals surface area contributed by atoms with Crippen LogP contribution in [0.3, 0.4) is 0 Å². The highest BCUT2D eigenvalue weighted by molar-refractivity contribution is 7.92. The number of hydrogen-bond acceptors (Lipinski definition) is 3. The van der Waals surface area contributed by atoms with E-state index < -0.39 is 15.8 Å². The average Bonchev–Trinajstić information content (AvgIpc) is 3.22. The molecule has 6 heteroatoms. The summed E-state index contributed by atoms with van der Waals surface area (Å²) in [7, 11) is -3.47. The summed E-state index contributed by atoms with van der Waals surface area (Å²) in [6.45, 7) is 0. The second-order valence-electron chi connectivity index (χ2n) is 5.91. The van der Waals surface area contributed by atoms with Crippen LogP contribution in [0.2, 0.25) is 0 Å². The molecule has 2 N–H and O–H groups in total. The van der Waals surface area contributed by atoms with E-state index in [4.69, 9.17) is 0 Å². The quantitative estimate of drug-likeness (QED) is 0.849. The van der Waals surface area contributed by atoms with Crippen molar-refractivity contribution in [2.75, 3.05) is 16.3 Å². The maximum Gasteiger partial charge on any atom is 0.229 e. The van der Waals surface area contributed by atoms with E-state index in [0.29, 0.717) is 6.04 Å². The Bertz CT molecular complexity index is 598. The minimum absolute atomic E-state index is 0.00263. The van der Waals surface area contributed by atoms with Crippen molar-refractivity contribution in [2.24, 2.45) is 11.8 Å². The molecule has 20 heavy (non-hydrogen) atoms. The third-order valence-electron chi connectivity index (χ3n) is 3.85. The number of benzene rings is 1. The summed E-state index contributed by atoms with van der Waals surface area (Å²) in [4.78, 5) is 0. The maximum atomic E-state index is 13.6. The van der Waals surface area contributed by atoms with Crippen LogP contribution < -0.4 is 10.0 Å². The van der Waals surface area contributed by atoms with Crippen molar-refractivity contribution in [1.29, 1.82) is 0 Å². The SMILES string of the molecule is CS(=O)(=O)Nc1cc(NC(C2CC2)C2CC2)ccc1F. The molecule has 4 nitrogen and oxygen atoms in total. The molecule has 2 aliphatic rings. The van der Waals surface area contributed by atoms with Gasteiger partial charge in [0.15, 0.2) is 0 Å². The standard InChI is InChI=1S/C14H19FN2O2S/c1-20(18,19)17-13-8-11(6-7-12(13)15)16-14(9-2-3-9)10-4-5-10/h6-10,14,16-17H,2-5H2,1H3. The third kappa shape index (κ3) is 3.42. The van der Waals surface area contributed by atoms with Crippen LogP contribution in [-0.4, -0.2) is 20.7 Å². The predicted octanol–water partition coefficient (Wildman–Crippen LogP) is 2.80. The zero-order chi connectivity index (χ0) is 14.3. The summed E-state index contributed by atoms with van der Waals surface area (Å²) in [5.41, 5.74) is 0.782. The minimum atomic E-state index is -3.47. The Hall–Kier alpha value is -1.30. The normalized spacial score (nSPS) is 19.1. The van der Waals surface area contributed by atoms with Crippen LogP contribution in [0.15, 0.2) is 18.2 Å². The number of sulfonamides is 1. The predicted molar refractivity (Wildman–Crippen MR) is 77.7 cm³/mol. The molecular weight excluding hydrogens is 279 g/mol. The van der Waals surface area contributed by atoms with Gasteiger partial charge in [0.2, 0.25) is 10.0 Å². The topological polar surface area (TPSA) is 58.2 Å². The summed E-state index contributed by atoms with van der Waals surface area (Å²) < 4.78 is 38.3. The number of hydrogen-bond donors (Lipinski definition) is 2. The van der Waals surface area contributed by atoms with Crippen LogP contribution in [0.5, 0.6) is 0 Å². The van der Waals surface area contributed by atoms with Crippen molar-refractivity contribution in [3.05, 3.63) is 24.0 Å². The minimum Gasteiger partial charge on any atom is -0.382 e. The first kappa shape index (κ1) is 13.7. The molecule has 0 heterocycles. The Labute approximate surface area is 118 Å². The van der Waals surface area contributed by atoms with E-state index >= 15 is 0 Å². The van der Waals surface area contributed by atoms with Gasteiger partial charge < -0.3 is 5.32 Å². The third-order valence-corrected chi connectivity index (χ3v) is 4.45. The first-order valence-corrected chi connectivity index (χ1v) is 8.85. The van der Waals surface area contributed by atoms with E-state index in [1.807, 2.05) is 0 Å². The average molecular weight is 298 g/mol. The Kier molecular flexibility index (Phi) is 3.36. The van der Waals surface area contributed by atoms with Gasteiger partial charge in [-0.05, 0) is 55.7 Å². The first-order valence-electron chi connectivity index (χ1n) is 6.96. The van der Waals surface area contributed by atoms with Crippen LogP contribution >= 0.6 is 0 Å². The molecule has 2 fully saturated rings. The molecule has 0 aliphatic heterocycles. The Morgan fingerprint density at radius 3 is 2.30 bits per heavy atom. The van der Waals surface area contributed by atoms with Crippen LogP contribution in [0.4, 0.5) is 15.8 Å². The molecule has 1 aromatic rings. The summed E-state index contributed by atoms with van der Waals surface area (Å²) in [5, 5.41) is 3.45. The number of nitrogens with one attached hydrogen (secondary N) is 2. The molecule has 0 spiro atoms. The van der Waals surface area contributed by atoms with Crippen LogP contribution in [0.25, 0.3) is 0 Å². The molecule has 0 atom stereocenters. The van der Waals surface area contributed by atoms with Crippen LogP contribution in [0.1, 0.15) is 25.7 Å². The lowest BCUT2D eigenvalue weighted by molar-refractivity contribution is 0.567. The summed E-state index contributed by atoms with van der Waals surface area (Å²) in [6, 6.07) is 4.95. The molecular formula is C14H19FN2O2S. The molecule has 0 aromatic heterocycles. The number of halogens is 1. The van der Waals surface area contributed by atoms with Gasteiger partial charge in [-0.25, -0.2) is 12.8 Å². The van der Waals surface area contributed by atoms with Gasteiger partial charge in [-0.2, -0.15) is 0 Å². The second-order valence-corrected chi connectivity index (χ2v) is 7.66. The molecule has 2 aliphatic carbocycles. The molecule has 0 amide bonds. The van der Waals surface area contributed by atoms with Crippen molar-refractivity contribution in [1.82, 2.24) is 0 Å². The van der Waals surface area contributed by atoms with Crippen LogP contribution in [0, 0.1) is 17.7 Å². The highest BCUT2D eigenvalue weighted by Gasteiger charge is 2.41. The van der Waals surface area contributed by atoms with Gasteiger partial charge in [0.25, 0.3) is 0 Å². The summed E-state index contributed by atoms with van der Waals surface area (Å²) >= 11 is 0. The first-order chi connectivity index (χ1) is 9.42. The van der Waals surface area contributed by atoms with Gasteiger partial charge in [0.1, 0.15) is 5.82 Å². The summed E-state index contributed by atoms with van der Waals surface area (Å²) in [5.74, 6) is 0.883. The molecule has 1 aromatic carbocycles. The van der Waals surface area contributed by atoms with Crippen molar-refractivity contribution < 1.29 is 12.8 Å². The summed E-state index contributed by atoms with van der Waals surface area (Å²) in [6.07, 6.45) is 6.03. The molecule has 0 bridgehead atoms. The molecule has 0 saturated heterocycles. The largest absolute Gasteiger partial charge is 0.382 e. The Morgan fingerprint density at radius 2 is 1.80 bits per heavy atom. The van der Waals surface area contributed by atoms with E-state index in [9.17, 15) is 12.8 Å². The van der Waals surface area contributed by atoms with Gasteiger partial charge >= 0.3 is 0 Å². The van der Waals surface area contributed by atoms with Crippen molar-refractivity contribution in [3.63, 3.8) is 0 Å². The lowest BCUT2D eigenvalue weighted by Crippen LogP contribution is -2.24. The molecule has 3 rings (SSSR count). The lowest BCUT2D eigenvalue weighted by atomic mass is 10.1. The van der Waals surface area contributed by atoms with E-state index in [1.165, 1.54) is 37.8 Å². The van der Waals surface area contributed by atoms with Crippen LogP contribution in [-0.2, 0) is 10.0 Å². The fraction of sp³-hybridized carbons (Fsp3) is 0.571. The highest BCUT2D eigenvalue weighted by Crippen LogP contribution is 2.46. The fourth-order valence-corrected chi connectivity index (χ4v) is 3.17. The van der Waals surface area contributed by atoms with Crippen molar-refractivity contribution >= 4 is 21.4 Å². The number of rotatable bonds is 6. The zero-order valence-electron chi connectivity index (χ0n) is 11.4. The van der Waals surface area contributed by atoms with E-state index in [0.717, 1.165) is 23.8 Å². The smallest absolute Gasteiger partial charge is 0.229 e. The molecule has 2 saturated carbocycles. The monoisotopic (exact) mass is 298 g/mol. The van der Waals surface area contributed by atoms with E-state index in [2.05, 4.69) is 10.0 Å². The van der Waals surface area contributed by atoms with E-state index in [1.54, 1.807) is 6.07 Å².